The van der Waals surface area contributed by atoms with E-state index < -0.39 is 0 Å². The van der Waals surface area contributed by atoms with Crippen molar-refractivity contribution >= 4 is 17.2 Å². The number of rotatable bonds is 5. The smallest absolute Gasteiger partial charge is 0.273 e. The first-order valence-electron chi connectivity index (χ1n) is 8.67. The van der Waals surface area contributed by atoms with Gasteiger partial charge in [-0.2, -0.15) is 0 Å². The molecule has 1 atom stereocenters. The molecular formula is C20H20N2O3S. The Morgan fingerprint density at radius 3 is 3.08 bits per heavy atom. The summed E-state index contributed by atoms with van der Waals surface area (Å²) in [4.78, 5) is 19.5. The van der Waals surface area contributed by atoms with Crippen molar-refractivity contribution in [1.29, 1.82) is 0 Å². The van der Waals surface area contributed by atoms with Gasteiger partial charge in [-0.1, -0.05) is 18.2 Å². The number of amides is 1. The number of hydrogen-bond acceptors (Lipinski definition) is 5. The van der Waals surface area contributed by atoms with Gasteiger partial charge >= 0.3 is 0 Å². The van der Waals surface area contributed by atoms with Crippen molar-refractivity contribution in [2.75, 3.05) is 13.7 Å². The van der Waals surface area contributed by atoms with Crippen molar-refractivity contribution in [2.45, 2.75) is 25.3 Å². The monoisotopic (exact) mass is 368 g/mol. The number of nitrogens with zero attached hydrogens (tertiary/aromatic N) is 2. The lowest BCUT2D eigenvalue weighted by atomic mass is 10.0. The molecule has 1 aromatic carbocycles. The normalized spacial score (nSPS) is 16.8. The molecule has 1 amide bonds. The topological polar surface area (TPSA) is 55.6 Å². The van der Waals surface area contributed by atoms with Gasteiger partial charge in [-0.3, -0.25) is 4.79 Å². The number of methoxy groups -OCH3 is 1. The highest BCUT2D eigenvalue weighted by Gasteiger charge is 2.31. The Hall–Kier alpha value is -2.60. The van der Waals surface area contributed by atoms with E-state index in [2.05, 4.69) is 11.1 Å². The van der Waals surface area contributed by atoms with Crippen LogP contribution in [0.1, 0.15) is 28.9 Å². The molecule has 0 N–H and O–H groups in total. The maximum absolute atomic E-state index is 13.0. The Labute approximate surface area is 156 Å². The number of carbonyl (C=O) groups is 1. The van der Waals surface area contributed by atoms with Crippen molar-refractivity contribution in [2.24, 2.45) is 0 Å². The van der Waals surface area contributed by atoms with E-state index in [4.69, 9.17) is 9.15 Å². The van der Waals surface area contributed by atoms with Crippen LogP contribution in [0.4, 0.5) is 0 Å². The van der Waals surface area contributed by atoms with Crippen LogP contribution in [0.3, 0.4) is 0 Å². The number of furan rings is 1. The van der Waals surface area contributed by atoms with Crippen LogP contribution < -0.4 is 4.74 Å². The zero-order chi connectivity index (χ0) is 17.9. The number of benzene rings is 1. The van der Waals surface area contributed by atoms with Crippen molar-refractivity contribution in [3.05, 3.63) is 59.5 Å². The Kier molecular flexibility index (Phi) is 4.75. The van der Waals surface area contributed by atoms with Crippen LogP contribution in [-0.4, -0.2) is 35.5 Å². The van der Waals surface area contributed by atoms with Gasteiger partial charge in [0.05, 0.1) is 13.4 Å². The first-order valence-corrected chi connectivity index (χ1v) is 9.55. The molecule has 4 rings (SSSR count). The summed E-state index contributed by atoms with van der Waals surface area (Å²) in [7, 11) is 1.68. The molecule has 0 aliphatic carbocycles. The predicted octanol–water partition coefficient (Wildman–Crippen LogP) is 4.26. The van der Waals surface area contributed by atoms with Gasteiger partial charge in [0, 0.05) is 23.5 Å². The van der Waals surface area contributed by atoms with E-state index >= 15 is 0 Å². The van der Waals surface area contributed by atoms with Gasteiger partial charge in [0.2, 0.25) is 0 Å². The molecule has 0 spiro atoms. The van der Waals surface area contributed by atoms with Gasteiger partial charge in [-0.05, 0) is 37.0 Å². The van der Waals surface area contributed by atoms with Crippen molar-refractivity contribution in [3.63, 3.8) is 0 Å². The molecule has 1 unspecified atom stereocenters. The van der Waals surface area contributed by atoms with E-state index in [0.29, 0.717) is 5.69 Å². The van der Waals surface area contributed by atoms with Crippen LogP contribution in [0.25, 0.3) is 10.6 Å². The summed E-state index contributed by atoms with van der Waals surface area (Å²) in [5.41, 5.74) is 2.55. The van der Waals surface area contributed by atoms with E-state index in [0.717, 1.165) is 47.7 Å². The first-order chi connectivity index (χ1) is 12.8. The third-order valence-corrected chi connectivity index (χ3v) is 5.67. The molecule has 0 bridgehead atoms. The molecule has 1 saturated heterocycles. The Morgan fingerprint density at radius 1 is 1.38 bits per heavy atom. The molecule has 1 aliphatic rings. The second-order valence-electron chi connectivity index (χ2n) is 6.36. The lowest BCUT2D eigenvalue weighted by molar-refractivity contribution is 0.0731. The summed E-state index contributed by atoms with van der Waals surface area (Å²) in [6.45, 7) is 0.775. The van der Waals surface area contributed by atoms with Crippen LogP contribution >= 0.6 is 11.3 Å². The summed E-state index contributed by atoms with van der Waals surface area (Å²) in [6.07, 6.45) is 6.08. The number of aromatic nitrogens is 1. The van der Waals surface area contributed by atoms with Gasteiger partial charge < -0.3 is 14.1 Å². The van der Waals surface area contributed by atoms with E-state index in [1.807, 2.05) is 34.5 Å². The standard InChI is InChI=1S/C20H20N2O3S/c1-24-18-7-3-2-5-14(18)11-16-6-4-9-22(16)20(23)17-13-26-19(21-17)15-8-10-25-12-15/h2-3,5,7-8,10,12-13,16H,4,6,9,11H2,1H3. The number of likely N-dealkylation sites (tertiary alicyclic amines) is 1. The number of thiazole rings is 1. The van der Waals surface area contributed by atoms with E-state index in [-0.39, 0.29) is 11.9 Å². The molecule has 1 aliphatic heterocycles. The third-order valence-electron chi connectivity index (χ3n) is 4.78. The lowest BCUT2D eigenvalue weighted by Crippen LogP contribution is -2.37. The van der Waals surface area contributed by atoms with Crippen molar-refractivity contribution in [1.82, 2.24) is 9.88 Å². The second kappa shape index (κ2) is 7.33. The molecule has 0 saturated carbocycles. The molecule has 3 heterocycles. The van der Waals surface area contributed by atoms with Crippen LogP contribution in [0.5, 0.6) is 5.75 Å². The zero-order valence-electron chi connectivity index (χ0n) is 14.6. The van der Waals surface area contributed by atoms with Crippen LogP contribution in [0.15, 0.2) is 52.7 Å². The van der Waals surface area contributed by atoms with Gasteiger partial charge in [0.15, 0.2) is 0 Å². The average molecular weight is 368 g/mol. The number of hydrogen-bond donors (Lipinski definition) is 0. The predicted molar refractivity (Wildman–Crippen MR) is 101 cm³/mol. The molecule has 1 fully saturated rings. The molecule has 5 nitrogen and oxygen atoms in total. The molecular weight excluding hydrogens is 348 g/mol. The highest BCUT2D eigenvalue weighted by atomic mass is 32.1. The highest BCUT2D eigenvalue weighted by Crippen LogP contribution is 2.29. The minimum atomic E-state index is 0.00777. The maximum Gasteiger partial charge on any atom is 0.273 e. The van der Waals surface area contributed by atoms with Gasteiger partial charge in [-0.25, -0.2) is 4.98 Å². The fraction of sp³-hybridized carbons (Fsp3) is 0.300. The molecule has 3 aromatic rings. The number of para-hydroxylation sites is 1. The van der Waals surface area contributed by atoms with Gasteiger partial charge in [-0.15, -0.1) is 11.3 Å². The second-order valence-corrected chi connectivity index (χ2v) is 7.22. The van der Waals surface area contributed by atoms with Crippen LogP contribution in [0, 0.1) is 0 Å². The zero-order valence-corrected chi connectivity index (χ0v) is 15.4. The summed E-state index contributed by atoms with van der Waals surface area (Å²) < 4.78 is 10.6. The third kappa shape index (κ3) is 3.24. The lowest BCUT2D eigenvalue weighted by Gasteiger charge is -2.24. The molecule has 6 heteroatoms. The summed E-state index contributed by atoms with van der Waals surface area (Å²) in [6, 6.07) is 10.0. The summed E-state index contributed by atoms with van der Waals surface area (Å²) in [5.74, 6) is 0.885. The fourth-order valence-corrected chi connectivity index (χ4v) is 4.26. The van der Waals surface area contributed by atoms with Crippen molar-refractivity contribution < 1.29 is 13.9 Å². The molecule has 26 heavy (non-hydrogen) atoms. The van der Waals surface area contributed by atoms with Crippen molar-refractivity contribution in [3.8, 4) is 16.3 Å². The molecule has 2 aromatic heterocycles. The fourth-order valence-electron chi connectivity index (χ4n) is 3.48. The SMILES string of the molecule is COc1ccccc1CC1CCCN1C(=O)c1csc(-c2ccoc2)n1. The van der Waals surface area contributed by atoms with Gasteiger partial charge in [0.25, 0.3) is 5.91 Å². The minimum absolute atomic E-state index is 0.00777. The molecule has 0 radical (unpaired) electrons. The first kappa shape index (κ1) is 16.8. The number of carbonyl (C=O) groups excluding carboxylic acids is 1. The van der Waals surface area contributed by atoms with E-state index in [9.17, 15) is 4.79 Å². The quantitative estimate of drug-likeness (QED) is 0.675. The molecule has 134 valence electrons. The van der Waals surface area contributed by atoms with E-state index in [1.54, 1.807) is 19.6 Å². The van der Waals surface area contributed by atoms with E-state index in [1.165, 1.54) is 11.3 Å². The van der Waals surface area contributed by atoms with Crippen LogP contribution in [0.2, 0.25) is 0 Å². The minimum Gasteiger partial charge on any atom is -0.496 e. The Balaban J connectivity index is 1.52. The maximum atomic E-state index is 13.0. The Morgan fingerprint density at radius 2 is 2.27 bits per heavy atom. The van der Waals surface area contributed by atoms with Crippen LogP contribution in [-0.2, 0) is 6.42 Å². The van der Waals surface area contributed by atoms with Gasteiger partial charge in [0.1, 0.15) is 22.7 Å². The summed E-state index contributed by atoms with van der Waals surface area (Å²) >= 11 is 1.47. The number of ether oxygens (including phenoxy) is 1. The largest absolute Gasteiger partial charge is 0.496 e. The average Bonchev–Trinajstić information content (AvgIpc) is 3.42. The summed E-state index contributed by atoms with van der Waals surface area (Å²) in [5, 5.41) is 2.64. The highest BCUT2D eigenvalue weighted by molar-refractivity contribution is 7.13. The Bertz CT molecular complexity index is 888.